The number of β-amino-alcohol motifs (C(OH)–C–C–N with tert-alkyl or cyclic N) is 1. The van der Waals surface area contributed by atoms with Crippen molar-refractivity contribution >= 4 is 12.0 Å². The Labute approximate surface area is 106 Å². The summed E-state index contributed by atoms with van der Waals surface area (Å²) < 4.78 is 0. The SMILES string of the molecule is N#Cc1cccc(C=CC(=O)N2CC[C@@H](O)C2)c1. The molecule has 0 aromatic heterocycles. The molecule has 1 aliphatic heterocycles. The maximum atomic E-state index is 11.8. The second-order valence-corrected chi connectivity index (χ2v) is 4.30. The first-order valence-corrected chi connectivity index (χ1v) is 5.84. The average Bonchev–Trinajstić information content (AvgIpc) is 2.83. The molecule has 0 unspecified atom stereocenters. The van der Waals surface area contributed by atoms with Crippen LogP contribution in [0.15, 0.2) is 30.3 Å². The molecule has 92 valence electrons. The van der Waals surface area contributed by atoms with E-state index in [-0.39, 0.29) is 5.91 Å². The first-order valence-electron chi connectivity index (χ1n) is 5.84. The predicted molar refractivity (Wildman–Crippen MR) is 67.4 cm³/mol. The molecule has 0 aliphatic carbocycles. The quantitative estimate of drug-likeness (QED) is 0.792. The lowest BCUT2D eigenvalue weighted by Crippen LogP contribution is -2.27. The summed E-state index contributed by atoms with van der Waals surface area (Å²) >= 11 is 0. The molecule has 2 rings (SSSR count). The maximum absolute atomic E-state index is 11.8. The molecule has 1 aromatic carbocycles. The van der Waals surface area contributed by atoms with Gasteiger partial charge in [0.2, 0.25) is 5.91 Å². The van der Waals surface area contributed by atoms with E-state index < -0.39 is 6.10 Å². The van der Waals surface area contributed by atoms with Crippen LogP contribution in [0, 0.1) is 11.3 Å². The van der Waals surface area contributed by atoms with Crippen LogP contribution in [-0.2, 0) is 4.79 Å². The normalized spacial score (nSPS) is 19.1. The molecule has 0 radical (unpaired) electrons. The molecular weight excluding hydrogens is 228 g/mol. The first kappa shape index (κ1) is 12.3. The highest BCUT2D eigenvalue weighted by Crippen LogP contribution is 2.11. The molecule has 4 nitrogen and oxygen atoms in total. The third-order valence-electron chi connectivity index (χ3n) is 2.91. The number of aliphatic hydroxyl groups excluding tert-OH is 1. The minimum absolute atomic E-state index is 0.103. The molecule has 0 spiro atoms. The van der Waals surface area contributed by atoms with E-state index in [1.54, 1.807) is 29.2 Å². The van der Waals surface area contributed by atoms with Crippen molar-refractivity contribution in [2.45, 2.75) is 12.5 Å². The van der Waals surface area contributed by atoms with E-state index in [9.17, 15) is 9.90 Å². The Hall–Kier alpha value is -2.12. The topological polar surface area (TPSA) is 64.3 Å². The highest BCUT2D eigenvalue weighted by Gasteiger charge is 2.22. The fourth-order valence-electron chi connectivity index (χ4n) is 1.93. The lowest BCUT2D eigenvalue weighted by molar-refractivity contribution is -0.125. The van der Waals surface area contributed by atoms with Gasteiger partial charge in [-0.1, -0.05) is 12.1 Å². The second kappa shape index (κ2) is 5.48. The highest BCUT2D eigenvalue weighted by molar-refractivity contribution is 5.92. The summed E-state index contributed by atoms with van der Waals surface area (Å²) in [6.45, 7) is 1.00. The lowest BCUT2D eigenvalue weighted by atomic mass is 10.1. The molecule has 4 heteroatoms. The Morgan fingerprint density at radius 3 is 3.06 bits per heavy atom. The van der Waals surface area contributed by atoms with Crippen LogP contribution in [0.2, 0.25) is 0 Å². The standard InChI is InChI=1S/C14H14N2O2/c15-9-12-3-1-2-11(8-12)4-5-14(18)16-7-6-13(17)10-16/h1-5,8,13,17H,6-7,10H2/t13-/m1/s1. The summed E-state index contributed by atoms with van der Waals surface area (Å²) in [6.07, 6.45) is 3.41. The summed E-state index contributed by atoms with van der Waals surface area (Å²) in [5.41, 5.74) is 1.39. The van der Waals surface area contributed by atoms with Crippen LogP contribution < -0.4 is 0 Å². The number of amides is 1. The zero-order valence-electron chi connectivity index (χ0n) is 9.91. The minimum atomic E-state index is -0.399. The number of nitrogens with zero attached hydrogens (tertiary/aromatic N) is 2. The van der Waals surface area contributed by atoms with E-state index >= 15 is 0 Å². The molecule has 0 bridgehead atoms. The Bertz CT molecular complexity index is 517. The molecule has 0 saturated carbocycles. The van der Waals surface area contributed by atoms with Gasteiger partial charge >= 0.3 is 0 Å². The first-order chi connectivity index (χ1) is 8.69. The molecule has 1 fully saturated rings. The Morgan fingerprint density at radius 1 is 1.56 bits per heavy atom. The van der Waals surface area contributed by atoms with Gasteiger partial charge in [0.25, 0.3) is 0 Å². The van der Waals surface area contributed by atoms with Crippen LogP contribution >= 0.6 is 0 Å². The fraction of sp³-hybridized carbons (Fsp3) is 0.286. The van der Waals surface area contributed by atoms with Gasteiger partial charge in [0.15, 0.2) is 0 Å². The lowest BCUT2D eigenvalue weighted by Gasteiger charge is -2.12. The number of carbonyl (C=O) groups excluding carboxylic acids is 1. The molecule has 1 aliphatic rings. The van der Waals surface area contributed by atoms with Gasteiger partial charge in [-0.05, 0) is 30.2 Å². The average molecular weight is 242 g/mol. The van der Waals surface area contributed by atoms with Gasteiger partial charge in [-0.25, -0.2) is 0 Å². The van der Waals surface area contributed by atoms with Crippen LogP contribution in [0.1, 0.15) is 17.5 Å². The molecular formula is C14H14N2O2. The summed E-state index contributed by atoms with van der Waals surface area (Å²) in [5, 5.41) is 18.1. The van der Waals surface area contributed by atoms with Crippen molar-refractivity contribution in [3.63, 3.8) is 0 Å². The van der Waals surface area contributed by atoms with Gasteiger partial charge in [0, 0.05) is 19.2 Å². The van der Waals surface area contributed by atoms with Gasteiger partial charge in [-0.3, -0.25) is 4.79 Å². The number of carbonyl (C=O) groups is 1. The molecule has 1 N–H and O–H groups in total. The maximum Gasteiger partial charge on any atom is 0.246 e. The Morgan fingerprint density at radius 2 is 2.39 bits per heavy atom. The highest BCUT2D eigenvalue weighted by atomic mass is 16.3. The number of hydrogen-bond acceptors (Lipinski definition) is 3. The van der Waals surface area contributed by atoms with Crippen LogP contribution in [0.3, 0.4) is 0 Å². The van der Waals surface area contributed by atoms with E-state index in [4.69, 9.17) is 5.26 Å². The van der Waals surface area contributed by atoms with Crippen molar-refractivity contribution in [3.8, 4) is 6.07 Å². The zero-order chi connectivity index (χ0) is 13.0. The smallest absolute Gasteiger partial charge is 0.246 e. The summed E-state index contributed by atoms with van der Waals surface area (Å²) in [6, 6.07) is 9.11. The molecule has 1 heterocycles. The van der Waals surface area contributed by atoms with Crippen LogP contribution in [0.4, 0.5) is 0 Å². The monoisotopic (exact) mass is 242 g/mol. The molecule has 1 saturated heterocycles. The van der Waals surface area contributed by atoms with Crippen LogP contribution in [0.5, 0.6) is 0 Å². The van der Waals surface area contributed by atoms with Crippen molar-refractivity contribution in [2.75, 3.05) is 13.1 Å². The van der Waals surface area contributed by atoms with Crippen molar-refractivity contribution in [3.05, 3.63) is 41.5 Å². The summed E-state index contributed by atoms with van der Waals surface area (Å²) in [4.78, 5) is 13.4. The van der Waals surface area contributed by atoms with Crippen molar-refractivity contribution in [1.82, 2.24) is 4.90 Å². The largest absolute Gasteiger partial charge is 0.391 e. The fourth-order valence-corrected chi connectivity index (χ4v) is 1.93. The van der Waals surface area contributed by atoms with Gasteiger partial charge in [-0.15, -0.1) is 0 Å². The summed E-state index contributed by atoms with van der Waals surface area (Å²) in [7, 11) is 0. The molecule has 1 aromatic rings. The van der Waals surface area contributed by atoms with Gasteiger partial charge < -0.3 is 10.0 Å². The van der Waals surface area contributed by atoms with E-state index in [2.05, 4.69) is 6.07 Å². The van der Waals surface area contributed by atoms with E-state index in [0.717, 1.165) is 5.56 Å². The number of benzene rings is 1. The zero-order valence-corrected chi connectivity index (χ0v) is 9.91. The minimum Gasteiger partial charge on any atom is -0.391 e. The number of aliphatic hydroxyl groups is 1. The predicted octanol–water partition coefficient (Wildman–Crippen LogP) is 1.16. The Kier molecular flexibility index (Phi) is 3.75. The third-order valence-corrected chi connectivity index (χ3v) is 2.91. The van der Waals surface area contributed by atoms with Crippen molar-refractivity contribution in [2.24, 2.45) is 0 Å². The van der Waals surface area contributed by atoms with E-state index in [1.807, 2.05) is 6.07 Å². The second-order valence-electron chi connectivity index (χ2n) is 4.30. The molecule has 1 atom stereocenters. The van der Waals surface area contributed by atoms with Gasteiger partial charge in [0.1, 0.15) is 0 Å². The van der Waals surface area contributed by atoms with E-state index in [0.29, 0.717) is 25.1 Å². The third kappa shape index (κ3) is 2.96. The van der Waals surface area contributed by atoms with Gasteiger partial charge in [0.05, 0.1) is 17.7 Å². The van der Waals surface area contributed by atoms with Crippen molar-refractivity contribution < 1.29 is 9.90 Å². The number of nitriles is 1. The molecule has 1 amide bonds. The van der Waals surface area contributed by atoms with Gasteiger partial charge in [-0.2, -0.15) is 5.26 Å². The van der Waals surface area contributed by atoms with Crippen LogP contribution in [-0.4, -0.2) is 35.1 Å². The summed E-state index contributed by atoms with van der Waals surface area (Å²) in [5.74, 6) is -0.103. The number of hydrogen-bond donors (Lipinski definition) is 1. The van der Waals surface area contributed by atoms with Crippen molar-refractivity contribution in [1.29, 1.82) is 5.26 Å². The number of likely N-dealkylation sites (tertiary alicyclic amines) is 1. The van der Waals surface area contributed by atoms with Crippen LogP contribution in [0.25, 0.3) is 6.08 Å². The number of rotatable bonds is 2. The molecule has 18 heavy (non-hydrogen) atoms. The Balaban J connectivity index is 2.02. The van der Waals surface area contributed by atoms with E-state index in [1.165, 1.54) is 6.08 Å².